The van der Waals surface area contributed by atoms with Crippen molar-refractivity contribution in [1.29, 1.82) is 0 Å². The van der Waals surface area contributed by atoms with E-state index >= 15 is 0 Å². The van der Waals surface area contributed by atoms with Gasteiger partial charge in [0.25, 0.3) is 0 Å². The summed E-state index contributed by atoms with van der Waals surface area (Å²) in [5.74, 6) is 1.84. The van der Waals surface area contributed by atoms with Gasteiger partial charge in [-0.1, -0.05) is 33.1 Å². The fraction of sp³-hybridized carbons (Fsp3) is 0.933. The van der Waals surface area contributed by atoms with E-state index in [0.29, 0.717) is 18.0 Å². The predicted molar refractivity (Wildman–Crippen MR) is 80.3 cm³/mol. The number of rotatable bonds is 4. The highest BCUT2D eigenvalue weighted by atomic mass is 15.2. The van der Waals surface area contributed by atoms with E-state index in [0.717, 1.165) is 0 Å². The molecule has 1 aliphatic rings. The van der Waals surface area contributed by atoms with Crippen LogP contribution in [0.4, 0.5) is 0 Å². The minimum absolute atomic E-state index is 0.418. The Kier molecular flexibility index (Phi) is 6.13. The first-order valence-corrected chi connectivity index (χ1v) is 7.35. The van der Waals surface area contributed by atoms with Gasteiger partial charge in [0.1, 0.15) is 5.84 Å². The summed E-state index contributed by atoms with van der Waals surface area (Å²) in [6, 6.07) is 0.972. The van der Waals surface area contributed by atoms with Crippen LogP contribution in [0.1, 0.15) is 46.0 Å². The van der Waals surface area contributed by atoms with Crippen LogP contribution in [-0.4, -0.2) is 55.9 Å². The van der Waals surface area contributed by atoms with Gasteiger partial charge in [0.05, 0.1) is 12.1 Å². The molecule has 0 saturated heterocycles. The number of aliphatic imine (C=N–C) groups is 1. The summed E-state index contributed by atoms with van der Waals surface area (Å²) in [7, 11) is 8.57. The Balaban J connectivity index is 2.88. The van der Waals surface area contributed by atoms with Crippen LogP contribution in [0, 0.1) is 5.92 Å². The van der Waals surface area contributed by atoms with Crippen LogP contribution in [0.2, 0.25) is 0 Å². The molecule has 3 heteroatoms. The molecule has 1 saturated carbocycles. The van der Waals surface area contributed by atoms with Gasteiger partial charge in [0.2, 0.25) is 0 Å². The van der Waals surface area contributed by atoms with Gasteiger partial charge in [0, 0.05) is 14.1 Å². The average molecular weight is 253 g/mol. The van der Waals surface area contributed by atoms with Crippen molar-refractivity contribution in [1.82, 2.24) is 9.80 Å². The van der Waals surface area contributed by atoms with Gasteiger partial charge >= 0.3 is 0 Å². The zero-order valence-electron chi connectivity index (χ0n) is 13.1. The lowest BCUT2D eigenvalue weighted by atomic mass is 9.95. The summed E-state index contributed by atoms with van der Waals surface area (Å²) in [6.07, 6.45) is 6.64. The van der Waals surface area contributed by atoms with E-state index in [2.05, 4.69) is 51.8 Å². The molecule has 1 aliphatic carbocycles. The lowest BCUT2D eigenvalue weighted by Gasteiger charge is -2.34. The standard InChI is InChI=1S/C15H31N3/c1-12(2)14(17(3)4)15(18(5)6)16-13-10-8-7-9-11-13/h12-14H,7-11H2,1-6H3. The number of hydrogen-bond acceptors (Lipinski definition) is 2. The van der Waals surface area contributed by atoms with E-state index in [4.69, 9.17) is 4.99 Å². The maximum atomic E-state index is 5.08. The SMILES string of the molecule is CC(C)C(C(=NC1CCCCC1)N(C)C)N(C)C. The van der Waals surface area contributed by atoms with Gasteiger partial charge in [0.15, 0.2) is 0 Å². The number of nitrogens with zero attached hydrogens (tertiary/aromatic N) is 3. The summed E-state index contributed by atoms with van der Waals surface area (Å²) < 4.78 is 0. The molecular formula is C15H31N3. The minimum atomic E-state index is 0.418. The lowest BCUT2D eigenvalue weighted by Crippen LogP contribution is -2.47. The monoisotopic (exact) mass is 253 g/mol. The fourth-order valence-corrected chi connectivity index (χ4v) is 2.98. The Hall–Kier alpha value is -0.570. The van der Waals surface area contributed by atoms with Gasteiger partial charge in [-0.15, -0.1) is 0 Å². The van der Waals surface area contributed by atoms with Crippen LogP contribution in [0.25, 0.3) is 0 Å². The second-order valence-corrected chi connectivity index (χ2v) is 6.33. The van der Waals surface area contributed by atoms with Crippen molar-refractivity contribution in [3.05, 3.63) is 0 Å². The molecule has 0 spiro atoms. The first-order chi connectivity index (χ1) is 8.43. The number of amidine groups is 1. The van der Waals surface area contributed by atoms with E-state index in [1.54, 1.807) is 0 Å². The number of hydrogen-bond donors (Lipinski definition) is 0. The van der Waals surface area contributed by atoms with E-state index < -0.39 is 0 Å². The quantitative estimate of drug-likeness (QED) is 0.567. The van der Waals surface area contributed by atoms with E-state index in [-0.39, 0.29) is 0 Å². The minimum Gasteiger partial charge on any atom is -0.365 e. The summed E-state index contributed by atoms with van der Waals surface area (Å²) in [4.78, 5) is 9.58. The fourth-order valence-electron chi connectivity index (χ4n) is 2.98. The highest BCUT2D eigenvalue weighted by Gasteiger charge is 2.25. The Morgan fingerprint density at radius 2 is 1.56 bits per heavy atom. The molecule has 0 radical (unpaired) electrons. The van der Waals surface area contributed by atoms with E-state index in [9.17, 15) is 0 Å². The zero-order valence-corrected chi connectivity index (χ0v) is 13.1. The van der Waals surface area contributed by atoms with Crippen molar-refractivity contribution < 1.29 is 0 Å². The molecule has 3 nitrogen and oxygen atoms in total. The molecule has 0 aliphatic heterocycles. The molecule has 1 unspecified atom stereocenters. The van der Waals surface area contributed by atoms with E-state index in [1.165, 1.54) is 37.9 Å². The third-order valence-corrected chi connectivity index (χ3v) is 3.80. The third kappa shape index (κ3) is 4.27. The van der Waals surface area contributed by atoms with Crippen molar-refractivity contribution in [3.63, 3.8) is 0 Å². The maximum Gasteiger partial charge on any atom is 0.116 e. The average Bonchev–Trinajstić information content (AvgIpc) is 2.28. The second kappa shape index (κ2) is 7.13. The summed E-state index contributed by atoms with van der Waals surface area (Å²) in [5.41, 5.74) is 0. The van der Waals surface area contributed by atoms with Crippen LogP contribution < -0.4 is 0 Å². The van der Waals surface area contributed by atoms with Crippen LogP contribution in [-0.2, 0) is 0 Å². The molecule has 18 heavy (non-hydrogen) atoms. The third-order valence-electron chi connectivity index (χ3n) is 3.80. The van der Waals surface area contributed by atoms with Gasteiger partial charge in [-0.05, 0) is 32.9 Å². The van der Waals surface area contributed by atoms with Gasteiger partial charge in [-0.3, -0.25) is 9.89 Å². The maximum absolute atomic E-state index is 5.08. The van der Waals surface area contributed by atoms with Crippen molar-refractivity contribution in [3.8, 4) is 0 Å². The molecule has 0 bridgehead atoms. The van der Waals surface area contributed by atoms with Crippen molar-refractivity contribution in [2.75, 3.05) is 28.2 Å². The largest absolute Gasteiger partial charge is 0.365 e. The molecule has 1 fully saturated rings. The molecule has 1 atom stereocenters. The summed E-state index contributed by atoms with van der Waals surface area (Å²) >= 11 is 0. The smallest absolute Gasteiger partial charge is 0.116 e. The van der Waals surface area contributed by atoms with Crippen molar-refractivity contribution in [2.24, 2.45) is 10.9 Å². The molecule has 0 heterocycles. The Morgan fingerprint density at radius 3 is 1.94 bits per heavy atom. The van der Waals surface area contributed by atoms with E-state index in [1.807, 2.05) is 0 Å². The second-order valence-electron chi connectivity index (χ2n) is 6.33. The number of likely N-dealkylation sites (N-methyl/N-ethyl adjacent to an activating group) is 2. The lowest BCUT2D eigenvalue weighted by molar-refractivity contribution is 0.278. The molecule has 0 amide bonds. The highest BCUT2D eigenvalue weighted by molar-refractivity contribution is 5.87. The van der Waals surface area contributed by atoms with Crippen molar-refractivity contribution >= 4 is 5.84 Å². The topological polar surface area (TPSA) is 18.8 Å². The summed E-state index contributed by atoms with van der Waals surface area (Å²) in [5, 5.41) is 0. The first kappa shape index (κ1) is 15.5. The van der Waals surface area contributed by atoms with Crippen LogP contribution in [0.5, 0.6) is 0 Å². The first-order valence-electron chi connectivity index (χ1n) is 7.35. The zero-order chi connectivity index (χ0) is 13.7. The molecule has 1 rings (SSSR count). The van der Waals surface area contributed by atoms with Gasteiger partial charge < -0.3 is 4.90 Å². The molecular weight excluding hydrogens is 222 g/mol. The Labute approximate surface area is 113 Å². The van der Waals surface area contributed by atoms with Crippen LogP contribution >= 0.6 is 0 Å². The summed E-state index contributed by atoms with van der Waals surface area (Å²) in [6.45, 7) is 4.56. The molecule has 0 aromatic rings. The normalized spacial score (nSPS) is 20.6. The Morgan fingerprint density at radius 1 is 1.00 bits per heavy atom. The highest BCUT2D eigenvalue weighted by Crippen LogP contribution is 2.22. The van der Waals surface area contributed by atoms with Crippen LogP contribution in [0.15, 0.2) is 4.99 Å². The van der Waals surface area contributed by atoms with Gasteiger partial charge in [-0.2, -0.15) is 0 Å². The predicted octanol–water partition coefficient (Wildman–Crippen LogP) is 2.87. The molecule has 0 aromatic heterocycles. The Bertz CT molecular complexity index is 255. The molecule has 0 aromatic carbocycles. The molecule has 0 N–H and O–H groups in total. The van der Waals surface area contributed by atoms with Crippen LogP contribution in [0.3, 0.4) is 0 Å². The van der Waals surface area contributed by atoms with Gasteiger partial charge in [-0.25, -0.2) is 0 Å². The molecule has 106 valence electrons. The van der Waals surface area contributed by atoms with Crippen molar-refractivity contribution in [2.45, 2.75) is 58.0 Å².